The lowest BCUT2D eigenvalue weighted by molar-refractivity contribution is 0.414. The van der Waals surface area contributed by atoms with Crippen LogP contribution in [0.1, 0.15) is 5.56 Å². The summed E-state index contributed by atoms with van der Waals surface area (Å²) in [5.74, 6) is 0.864. The molecular weight excluding hydrogens is 383 g/mol. The molecule has 1 heterocycles. The summed E-state index contributed by atoms with van der Waals surface area (Å²) in [5.41, 5.74) is 3.36. The van der Waals surface area contributed by atoms with E-state index in [1.54, 1.807) is 7.11 Å². The molecule has 3 rings (SSSR count). The molecule has 0 atom stereocenters. The Morgan fingerprint density at radius 3 is 2.90 bits per heavy atom. The number of fused-ring (bicyclic) bond motifs is 1. The summed E-state index contributed by atoms with van der Waals surface area (Å²) in [6, 6.07) is 14.4. The number of halogens is 1. The van der Waals surface area contributed by atoms with Gasteiger partial charge in [0.05, 0.1) is 24.7 Å². The predicted octanol–water partition coefficient (Wildman–Crippen LogP) is 4.36. The molecule has 20 heavy (non-hydrogen) atoms. The van der Waals surface area contributed by atoms with Gasteiger partial charge in [-0.1, -0.05) is 12.1 Å². The van der Waals surface area contributed by atoms with Crippen LogP contribution in [-0.2, 0) is 6.54 Å². The molecule has 0 amide bonds. The predicted molar refractivity (Wildman–Crippen MR) is 91.9 cm³/mol. The van der Waals surface area contributed by atoms with Crippen LogP contribution in [-0.4, -0.2) is 16.7 Å². The third-order valence-corrected chi connectivity index (χ3v) is 4.20. The van der Waals surface area contributed by atoms with Crippen LogP contribution in [0, 0.1) is 8.34 Å². The zero-order valence-electron chi connectivity index (χ0n) is 10.9. The molecule has 0 aliphatic heterocycles. The van der Waals surface area contributed by atoms with Gasteiger partial charge < -0.3 is 14.3 Å². The van der Waals surface area contributed by atoms with Crippen molar-refractivity contribution in [1.82, 2.24) is 9.55 Å². The molecule has 0 spiro atoms. The number of aromatic nitrogens is 2. The van der Waals surface area contributed by atoms with Crippen molar-refractivity contribution in [3.8, 4) is 5.75 Å². The second-order valence-electron chi connectivity index (χ2n) is 4.53. The molecule has 0 bridgehead atoms. The highest BCUT2D eigenvalue weighted by Gasteiger charge is 2.06. The molecule has 5 heteroatoms. The summed E-state index contributed by atoms with van der Waals surface area (Å²) in [7, 11) is 1.68. The number of hydrogen-bond acceptors (Lipinski definition) is 2. The van der Waals surface area contributed by atoms with Crippen molar-refractivity contribution in [2.75, 3.05) is 7.11 Å². The number of aromatic amines is 1. The van der Waals surface area contributed by atoms with Gasteiger partial charge in [-0.2, -0.15) is 0 Å². The van der Waals surface area contributed by atoms with E-state index < -0.39 is 0 Å². The first kappa shape index (κ1) is 13.6. The number of benzene rings is 2. The number of H-pyrrole nitrogens is 1. The Balaban J connectivity index is 2.06. The maximum atomic E-state index is 5.43. The van der Waals surface area contributed by atoms with Crippen molar-refractivity contribution in [1.29, 1.82) is 0 Å². The number of nitrogens with one attached hydrogen (secondary N) is 1. The molecular formula is C15H13IN2OS. The number of methoxy groups -OCH3 is 1. The Bertz CT molecular complexity index is 822. The third kappa shape index (κ3) is 2.60. The SMILES string of the molecule is COc1cccc(Cn2c(=S)[nH]c3cc(I)ccc32)c1. The highest BCUT2D eigenvalue weighted by molar-refractivity contribution is 14.1. The van der Waals surface area contributed by atoms with Crippen molar-refractivity contribution >= 4 is 45.8 Å². The van der Waals surface area contributed by atoms with Crippen molar-refractivity contribution in [2.24, 2.45) is 0 Å². The van der Waals surface area contributed by atoms with E-state index in [1.807, 2.05) is 18.2 Å². The van der Waals surface area contributed by atoms with Gasteiger partial charge in [0.2, 0.25) is 0 Å². The molecule has 3 nitrogen and oxygen atoms in total. The van der Waals surface area contributed by atoms with Crippen molar-refractivity contribution < 1.29 is 4.74 Å². The van der Waals surface area contributed by atoms with Crippen molar-refractivity contribution in [3.05, 3.63) is 56.4 Å². The van der Waals surface area contributed by atoms with Crippen molar-refractivity contribution in [2.45, 2.75) is 6.54 Å². The molecule has 102 valence electrons. The fraction of sp³-hybridized carbons (Fsp3) is 0.133. The fourth-order valence-electron chi connectivity index (χ4n) is 2.25. The van der Waals surface area contributed by atoms with Gasteiger partial charge in [-0.3, -0.25) is 0 Å². The number of imidazole rings is 1. The molecule has 0 saturated heterocycles. The van der Waals surface area contributed by atoms with Gasteiger partial charge >= 0.3 is 0 Å². The Morgan fingerprint density at radius 2 is 2.10 bits per heavy atom. The van der Waals surface area contributed by atoms with Crippen LogP contribution in [0.5, 0.6) is 5.75 Å². The molecule has 0 aliphatic carbocycles. The smallest absolute Gasteiger partial charge is 0.178 e. The molecule has 3 aromatic rings. The minimum atomic E-state index is 0.733. The summed E-state index contributed by atoms with van der Waals surface area (Å²) in [5, 5.41) is 0. The summed E-state index contributed by atoms with van der Waals surface area (Å²) >= 11 is 7.73. The van der Waals surface area contributed by atoms with Crippen LogP contribution in [0.3, 0.4) is 0 Å². The van der Waals surface area contributed by atoms with Gasteiger partial charge in [0, 0.05) is 3.57 Å². The van der Waals surface area contributed by atoms with E-state index in [2.05, 4.69) is 56.4 Å². The first-order chi connectivity index (χ1) is 9.67. The van der Waals surface area contributed by atoms with Gasteiger partial charge in [-0.15, -0.1) is 0 Å². The lowest BCUT2D eigenvalue weighted by Crippen LogP contribution is -2.00. The lowest BCUT2D eigenvalue weighted by atomic mass is 10.2. The summed E-state index contributed by atoms with van der Waals surface area (Å²) < 4.78 is 9.30. The number of nitrogens with zero attached hydrogens (tertiary/aromatic N) is 1. The van der Waals surface area contributed by atoms with Gasteiger partial charge in [0.15, 0.2) is 4.77 Å². The molecule has 0 radical (unpaired) electrons. The largest absolute Gasteiger partial charge is 0.497 e. The van der Waals surface area contributed by atoms with Crippen LogP contribution in [0.15, 0.2) is 42.5 Å². The molecule has 2 aromatic carbocycles. The monoisotopic (exact) mass is 396 g/mol. The molecule has 1 aromatic heterocycles. The molecule has 1 N–H and O–H groups in total. The van der Waals surface area contributed by atoms with E-state index in [-0.39, 0.29) is 0 Å². The Hall–Kier alpha value is -1.34. The van der Waals surface area contributed by atoms with E-state index in [1.165, 1.54) is 9.13 Å². The first-order valence-electron chi connectivity index (χ1n) is 6.18. The molecule has 0 unspecified atom stereocenters. The number of ether oxygens (including phenoxy) is 1. The van der Waals surface area contributed by atoms with Crippen molar-refractivity contribution in [3.63, 3.8) is 0 Å². The quantitative estimate of drug-likeness (QED) is 0.527. The van der Waals surface area contributed by atoms with E-state index in [4.69, 9.17) is 17.0 Å². The molecule has 0 saturated carbocycles. The third-order valence-electron chi connectivity index (χ3n) is 3.21. The minimum absolute atomic E-state index is 0.733. The number of rotatable bonds is 3. The second kappa shape index (κ2) is 5.57. The maximum Gasteiger partial charge on any atom is 0.178 e. The van der Waals surface area contributed by atoms with Gasteiger partial charge in [-0.25, -0.2) is 0 Å². The van der Waals surface area contributed by atoms with E-state index in [0.717, 1.165) is 28.1 Å². The van der Waals surface area contributed by atoms with Gasteiger partial charge in [-0.05, 0) is 70.7 Å². The van der Waals surface area contributed by atoms with E-state index >= 15 is 0 Å². The summed E-state index contributed by atoms with van der Waals surface area (Å²) in [6.07, 6.45) is 0. The van der Waals surface area contributed by atoms with Gasteiger partial charge in [0.25, 0.3) is 0 Å². The van der Waals surface area contributed by atoms with E-state index in [0.29, 0.717) is 0 Å². The molecule has 0 aliphatic rings. The number of hydrogen-bond donors (Lipinski definition) is 1. The maximum absolute atomic E-state index is 5.43. The van der Waals surface area contributed by atoms with E-state index in [9.17, 15) is 0 Å². The average molecular weight is 396 g/mol. The van der Waals surface area contributed by atoms with Crippen LogP contribution >= 0.6 is 34.8 Å². The minimum Gasteiger partial charge on any atom is -0.497 e. The fourth-order valence-corrected chi connectivity index (χ4v) is 3.01. The van der Waals surface area contributed by atoms with Crippen LogP contribution in [0.4, 0.5) is 0 Å². The van der Waals surface area contributed by atoms with Gasteiger partial charge in [0.1, 0.15) is 5.75 Å². The van der Waals surface area contributed by atoms with Crippen LogP contribution in [0.2, 0.25) is 0 Å². The normalized spacial score (nSPS) is 10.9. The topological polar surface area (TPSA) is 29.9 Å². The highest BCUT2D eigenvalue weighted by Crippen LogP contribution is 2.20. The zero-order chi connectivity index (χ0) is 14.1. The summed E-state index contributed by atoms with van der Waals surface area (Å²) in [6.45, 7) is 0.733. The standard InChI is InChI=1S/C15H13IN2OS/c1-19-12-4-2-3-10(7-12)9-18-14-6-5-11(16)8-13(14)17-15(18)20/h2-8H,9H2,1H3,(H,17,20). The molecule has 0 fully saturated rings. The highest BCUT2D eigenvalue weighted by atomic mass is 127. The average Bonchev–Trinajstić information content (AvgIpc) is 2.74. The second-order valence-corrected chi connectivity index (χ2v) is 6.16. The Labute approximate surface area is 135 Å². The lowest BCUT2D eigenvalue weighted by Gasteiger charge is -2.07. The zero-order valence-corrected chi connectivity index (χ0v) is 13.9. The van der Waals surface area contributed by atoms with Crippen LogP contribution in [0.25, 0.3) is 11.0 Å². The van der Waals surface area contributed by atoms with Crippen LogP contribution < -0.4 is 4.74 Å². The first-order valence-corrected chi connectivity index (χ1v) is 7.67. The Kier molecular flexibility index (Phi) is 3.80. The summed E-state index contributed by atoms with van der Waals surface area (Å²) in [4.78, 5) is 3.26. The Morgan fingerprint density at radius 1 is 1.25 bits per heavy atom.